The van der Waals surface area contributed by atoms with Crippen molar-refractivity contribution in [3.8, 4) is 5.75 Å². The normalized spacial score (nSPS) is 12.5. The van der Waals surface area contributed by atoms with Crippen molar-refractivity contribution >= 4 is 15.9 Å². The number of benzene rings is 2. The molecule has 0 fully saturated rings. The third kappa shape index (κ3) is 8.67. The van der Waals surface area contributed by atoms with Crippen LogP contribution in [0.1, 0.15) is 42.3 Å². The number of nitrogens with one attached hydrogen (secondary N) is 2. The van der Waals surface area contributed by atoms with Crippen molar-refractivity contribution in [1.29, 1.82) is 0 Å². The summed E-state index contributed by atoms with van der Waals surface area (Å²) in [6, 6.07) is 10.6. The summed E-state index contributed by atoms with van der Waals surface area (Å²) in [5.41, 5.74) is 0.665. The van der Waals surface area contributed by atoms with E-state index < -0.39 is 34.3 Å². The highest BCUT2D eigenvalue weighted by atomic mass is 32.2. The molecule has 2 aromatic carbocycles. The average Bonchev–Trinajstić information content (AvgIpc) is 2.70. The number of carbonyl (C=O) groups excluding carboxylic acids is 1. The van der Waals surface area contributed by atoms with Gasteiger partial charge in [0.1, 0.15) is 17.3 Å². The molecule has 33 heavy (non-hydrogen) atoms. The van der Waals surface area contributed by atoms with Crippen molar-refractivity contribution in [2.45, 2.75) is 50.5 Å². The molecule has 0 bridgehead atoms. The standard InChI is InChI=1S/C22H27F3N2O5S/c1-21(2,3)27-33(29,30)19-11-17(9-10-18(19)31-4)20(28)26-12-15-5-7-16(8-6-15)13-32-14-22(23,24)25/h5-11,27H,12-14H2,1-4H3,(H,26,28). The van der Waals surface area contributed by atoms with E-state index in [0.717, 1.165) is 0 Å². The van der Waals surface area contributed by atoms with Gasteiger partial charge in [-0.1, -0.05) is 24.3 Å². The Kier molecular flexibility index (Phi) is 8.50. The lowest BCUT2D eigenvalue weighted by Crippen LogP contribution is -2.40. The van der Waals surface area contributed by atoms with Gasteiger partial charge in [-0.05, 0) is 50.1 Å². The number of methoxy groups -OCH3 is 1. The smallest absolute Gasteiger partial charge is 0.411 e. The lowest BCUT2D eigenvalue weighted by Gasteiger charge is -2.21. The van der Waals surface area contributed by atoms with Crippen LogP contribution in [0.4, 0.5) is 13.2 Å². The summed E-state index contributed by atoms with van der Waals surface area (Å²) in [7, 11) is -2.61. The Morgan fingerprint density at radius 3 is 2.15 bits per heavy atom. The van der Waals surface area contributed by atoms with Crippen molar-refractivity contribution in [2.24, 2.45) is 0 Å². The third-order valence-electron chi connectivity index (χ3n) is 4.17. The molecule has 0 aliphatic rings. The minimum absolute atomic E-state index is 0.103. The maximum Gasteiger partial charge on any atom is 0.411 e. The molecule has 0 unspecified atom stereocenters. The first-order valence-electron chi connectivity index (χ1n) is 9.93. The second kappa shape index (κ2) is 10.5. The molecule has 11 heteroatoms. The van der Waals surface area contributed by atoms with Gasteiger partial charge in [-0.2, -0.15) is 13.2 Å². The zero-order valence-corrected chi connectivity index (χ0v) is 19.6. The molecule has 0 saturated heterocycles. The Hall–Kier alpha value is -2.63. The number of amides is 1. The van der Waals surface area contributed by atoms with E-state index in [-0.39, 0.29) is 29.4 Å². The van der Waals surface area contributed by atoms with E-state index in [2.05, 4.69) is 14.8 Å². The van der Waals surface area contributed by atoms with Gasteiger partial charge in [-0.15, -0.1) is 0 Å². The van der Waals surface area contributed by atoms with Crippen LogP contribution in [0, 0.1) is 0 Å². The molecular formula is C22H27F3N2O5S. The molecule has 7 nitrogen and oxygen atoms in total. The highest BCUT2D eigenvalue weighted by Gasteiger charge is 2.27. The van der Waals surface area contributed by atoms with Gasteiger partial charge in [0, 0.05) is 17.6 Å². The fraction of sp³-hybridized carbons (Fsp3) is 0.409. The zero-order valence-electron chi connectivity index (χ0n) is 18.7. The van der Waals surface area contributed by atoms with E-state index in [1.807, 2.05) is 0 Å². The predicted octanol–water partition coefficient (Wildman–Crippen LogP) is 3.78. The summed E-state index contributed by atoms with van der Waals surface area (Å²) in [5, 5.41) is 2.69. The van der Waals surface area contributed by atoms with Gasteiger partial charge in [0.15, 0.2) is 0 Å². The van der Waals surface area contributed by atoms with Gasteiger partial charge in [0.2, 0.25) is 10.0 Å². The number of carbonyl (C=O) groups is 1. The number of rotatable bonds is 9. The first kappa shape index (κ1) is 26.6. The third-order valence-corrected chi connectivity index (χ3v) is 5.95. The quantitative estimate of drug-likeness (QED) is 0.560. The van der Waals surface area contributed by atoms with Crippen LogP contribution >= 0.6 is 0 Å². The van der Waals surface area contributed by atoms with Crippen LogP contribution < -0.4 is 14.8 Å². The van der Waals surface area contributed by atoms with Gasteiger partial charge >= 0.3 is 6.18 Å². The Bertz CT molecular complexity index is 1060. The Balaban J connectivity index is 2.05. The average molecular weight is 489 g/mol. The van der Waals surface area contributed by atoms with E-state index in [9.17, 15) is 26.4 Å². The maximum absolute atomic E-state index is 12.7. The number of hydrogen-bond donors (Lipinski definition) is 2. The summed E-state index contributed by atoms with van der Waals surface area (Å²) in [6.07, 6.45) is -4.38. The predicted molar refractivity (Wildman–Crippen MR) is 116 cm³/mol. The largest absolute Gasteiger partial charge is 0.495 e. The first-order chi connectivity index (χ1) is 15.2. The lowest BCUT2D eigenvalue weighted by molar-refractivity contribution is -0.176. The van der Waals surface area contributed by atoms with Gasteiger partial charge in [-0.25, -0.2) is 13.1 Å². The highest BCUT2D eigenvalue weighted by molar-refractivity contribution is 7.89. The van der Waals surface area contributed by atoms with Crippen molar-refractivity contribution in [3.63, 3.8) is 0 Å². The second-order valence-corrected chi connectivity index (χ2v) is 9.98. The fourth-order valence-corrected chi connectivity index (χ4v) is 4.42. The van der Waals surface area contributed by atoms with Crippen molar-refractivity contribution < 1.29 is 35.9 Å². The number of ether oxygens (including phenoxy) is 2. The first-order valence-corrected chi connectivity index (χ1v) is 11.4. The molecule has 0 spiro atoms. The van der Waals surface area contributed by atoms with Gasteiger partial charge < -0.3 is 14.8 Å². The summed E-state index contributed by atoms with van der Waals surface area (Å²) in [6.45, 7) is 3.72. The SMILES string of the molecule is COc1ccc(C(=O)NCc2ccc(COCC(F)(F)F)cc2)cc1S(=O)(=O)NC(C)(C)C. The molecule has 0 saturated carbocycles. The van der Waals surface area contributed by atoms with E-state index in [0.29, 0.717) is 11.1 Å². The monoisotopic (exact) mass is 488 g/mol. The summed E-state index contributed by atoms with van der Waals surface area (Å²) < 4.78 is 74.2. The summed E-state index contributed by atoms with van der Waals surface area (Å²) in [4.78, 5) is 12.4. The maximum atomic E-state index is 12.7. The molecule has 2 aromatic rings. The van der Waals surface area contributed by atoms with Crippen LogP contribution in [0.5, 0.6) is 5.75 Å². The highest BCUT2D eigenvalue weighted by Crippen LogP contribution is 2.26. The van der Waals surface area contributed by atoms with Crippen molar-refractivity contribution in [2.75, 3.05) is 13.7 Å². The number of alkyl halides is 3. The van der Waals surface area contributed by atoms with E-state index in [4.69, 9.17) is 4.74 Å². The minimum Gasteiger partial charge on any atom is -0.495 e. The minimum atomic E-state index is -4.38. The topological polar surface area (TPSA) is 93.7 Å². The van der Waals surface area contributed by atoms with Crippen LogP contribution in [-0.4, -0.2) is 39.8 Å². The molecule has 0 aliphatic heterocycles. The summed E-state index contributed by atoms with van der Waals surface area (Å²) in [5.74, 6) is -0.394. The van der Waals surface area contributed by atoms with Crippen LogP contribution in [0.25, 0.3) is 0 Å². The van der Waals surface area contributed by atoms with Crippen LogP contribution in [0.3, 0.4) is 0 Å². The van der Waals surface area contributed by atoms with Crippen LogP contribution in [-0.2, 0) is 27.9 Å². The fourth-order valence-electron chi connectivity index (χ4n) is 2.81. The molecule has 182 valence electrons. The van der Waals surface area contributed by atoms with Gasteiger partial charge in [-0.3, -0.25) is 4.79 Å². The molecule has 0 atom stereocenters. The summed E-state index contributed by atoms with van der Waals surface area (Å²) >= 11 is 0. The molecule has 0 heterocycles. The Labute approximate surface area is 191 Å². The van der Waals surface area contributed by atoms with E-state index in [1.165, 1.54) is 25.3 Å². The Morgan fingerprint density at radius 2 is 1.61 bits per heavy atom. The zero-order chi connectivity index (χ0) is 24.9. The second-order valence-electron chi connectivity index (χ2n) is 8.33. The Morgan fingerprint density at radius 1 is 1.00 bits per heavy atom. The van der Waals surface area contributed by atoms with Crippen molar-refractivity contribution in [1.82, 2.24) is 10.0 Å². The molecule has 2 rings (SSSR count). The number of sulfonamides is 1. The van der Waals surface area contributed by atoms with Gasteiger partial charge in [0.25, 0.3) is 5.91 Å². The van der Waals surface area contributed by atoms with E-state index >= 15 is 0 Å². The number of halogens is 3. The van der Waals surface area contributed by atoms with Crippen LogP contribution in [0.15, 0.2) is 47.4 Å². The molecule has 1 amide bonds. The molecule has 0 aliphatic carbocycles. The van der Waals surface area contributed by atoms with Crippen molar-refractivity contribution in [3.05, 3.63) is 59.2 Å². The van der Waals surface area contributed by atoms with Gasteiger partial charge in [0.05, 0.1) is 13.7 Å². The molecule has 0 aromatic heterocycles. The van der Waals surface area contributed by atoms with E-state index in [1.54, 1.807) is 45.0 Å². The molecule has 2 N–H and O–H groups in total. The molecule has 0 radical (unpaired) electrons. The van der Waals surface area contributed by atoms with Crippen LogP contribution in [0.2, 0.25) is 0 Å². The molecular weight excluding hydrogens is 461 g/mol. The number of hydrogen-bond acceptors (Lipinski definition) is 5. The lowest BCUT2D eigenvalue weighted by atomic mass is 10.1.